The first-order valence-electron chi connectivity index (χ1n) is 14.2. The van der Waals surface area contributed by atoms with Crippen LogP contribution in [0.5, 0.6) is 0 Å². The van der Waals surface area contributed by atoms with Crippen molar-refractivity contribution in [3.8, 4) is 33.4 Å². The first-order valence-corrected chi connectivity index (χ1v) is 14.2. The Labute approximate surface area is 235 Å². The van der Waals surface area contributed by atoms with Crippen LogP contribution in [0.3, 0.4) is 0 Å². The summed E-state index contributed by atoms with van der Waals surface area (Å²) in [6, 6.07) is 47.6. The molecular weight excluding hydrogens is 480 g/mol. The van der Waals surface area contributed by atoms with Crippen LogP contribution in [0.25, 0.3) is 65.7 Å². The van der Waals surface area contributed by atoms with E-state index in [0.717, 1.165) is 0 Å². The van der Waals surface area contributed by atoms with Crippen molar-refractivity contribution in [2.75, 3.05) is 0 Å². The van der Waals surface area contributed by atoms with Crippen LogP contribution < -0.4 is 0 Å². The van der Waals surface area contributed by atoms with Crippen molar-refractivity contribution in [2.45, 2.75) is 26.2 Å². The van der Waals surface area contributed by atoms with E-state index in [-0.39, 0.29) is 5.41 Å². The molecule has 7 aromatic rings. The molecule has 0 radical (unpaired) electrons. The SMILES string of the molecule is Cc1ccc2c(-c3ccc4ccccc4c3)c3ccccc3c(-c3ccc4c(c3)C(C)(C)c3ccccc3-4)c2c1. The highest BCUT2D eigenvalue weighted by atomic mass is 14.4. The maximum atomic E-state index is 2.47. The third-order valence-electron chi connectivity index (χ3n) is 9.09. The summed E-state index contributed by atoms with van der Waals surface area (Å²) in [4.78, 5) is 0. The number of hydrogen-bond acceptors (Lipinski definition) is 0. The lowest BCUT2D eigenvalue weighted by molar-refractivity contribution is 0.660. The van der Waals surface area contributed by atoms with Gasteiger partial charge >= 0.3 is 0 Å². The highest BCUT2D eigenvalue weighted by Gasteiger charge is 2.35. The predicted molar refractivity (Wildman–Crippen MR) is 172 cm³/mol. The molecule has 0 amide bonds. The third kappa shape index (κ3) is 3.26. The van der Waals surface area contributed by atoms with Crippen molar-refractivity contribution in [1.29, 1.82) is 0 Å². The molecule has 0 aliphatic heterocycles. The van der Waals surface area contributed by atoms with E-state index in [4.69, 9.17) is 0 Å². The molecule has 1 aliphatic rings. The molecule has 0 unspecified atom stereocenters. The zero-order valence-electron chi connectivity index (χ0n) is 23.1. The first kappa shape index (κ1) is 23.2. The monoisotopic (exact) mass is 510 g/mol. The van der Waals surface area contributed by atoms with Gasteiger partial charge in [-0.3, -0.25) is 0 Å². The summed E-state index contributed by atoms with van der Waals surface area (Å²) in [6.07, 6.45) is 0. The molecule has 0 spiro atoms. The highest BCUT2D eigenvalue weighted by Crippen LogP contribution is 2.51. The Morgan fingerprint density at radius 2 is 1.02 bits per heavy atom. The van der Waals surface area contributed by atoms with Gasteiger partial charge < -0.3 is 0 Å². The molecule has 190 valence electrons. The van der Waals surface area contributed by atoms with Crippen LogP contribution in [0, 0.1) is 6.92 Å². The van der Waals surface area contributed by atoms with Crippen molar-refractivity contribution in [1.82, 2.24) is 0 Å². The van der Waals surface area contributed by atoms with Gasteiger partial charge in [0.2, 0.25) is 0 Å². The van der Waals surface area contributed by atoms with Crippen molar-refractivity contribution in [2.24, 2.45) is 0 Å². The summed E-state index contributed by atoms with van der Waals surface area (Å²) in [5, 5.41) is 7.76. The average Bonchev–Trinajstić information content (AvgIpc) is 3.21. The number of rotatable bonds is 2. The van der Waals surface area contributed by atoms with Gasteiger partial charge in [-0.15, -0.1) is 0 Å². The van der Waals surface area contributed by atoms with Crippen LogP contribution in [-0.2, 0) is 5.41 Å². The Morgan fingerprint density at radius 3 is 1.85 bits per heavy atom. The molecule has 0 fully saturated rings. The second-order valence-electron chi connectivity index (χ2n) is 11.8. The molecule has 0 saturated heterocycles. The van der Waals surface area contributed by atoms with Gasteiger partial charge in [-0.05, 0) is 95.9 Å². The van der Waals surface area contributed by atoms with Gasteiger partial charge in [0.05, 0.1) is 0 Å². The highest BCUT2D eigenvalue weighted by molar-refractivity contribution is 6.22. The van der Waals surface area contributed by atoms with Gasteiger partial charge in [-0.2, -0.15) is 0 Å². The zero-order chi connectivity index (χ0) is 27.0. The van der Waals surface area contributed by atoms with Gasteiger partial charge in [0.15, 0.2) is 0 Å². The van der Waals surface area contributed by atoms with Crippen LogP contribution in [0.1, 0.15) is 30.5 Å². The van der Waals surface area contributed by atoms with Gasteiger partial charge in [-0.1, -0.05) is 135 Å². The molecule has 40 heavy (non-hydrogen) atoms. The van der Waals surface area contributed by atoms with Crippen molar-refractivity contribution in [3.05, 3.63) is 144 Å². The summed E-state index contributed by atoms with van der Waals surface area (Å²) >= 11 is 0. The Morgan fingerprint density at radius 1 is 0.425 bits per heavy atom. The molecule has 0 N–H and O–H groups in total. The molecule has 0 atom stereocenters. The first-order chi connectivity index (χ1) is 19.5. The van der Waals surface area contributed by atoms with E-state index >= 15 is 0 Å². The van der Waals surface area contributed by atoms with E-state index < -0.39 is 0 Å². The molecule has 0 saturated carbocycles. The maximum absolute atomic E-state index is 2.47. The standard InChI is InChI=1S/C40H30/c1-25-16-20-34-35(22-25)39(29-19-21-31-30-12-8-9-15-36(30)40(2,3)37(31)24-29)33-14-7-6-13-32(33)38(34)28-18-17-26-10-4-5-11-27(26)23-28/h4-24H,1-3H3. The summed E-state index contributed by atoms with van der Waals surface area (Å²) in [5.41, 5.74) is 12.0. The summed E-state index contributed by atoms with van der Waals surface area (Å²) in [5.74, 6) is 0. The summed E-state index contributed by atoms with van der Waals surface area (Å²) in [6.45, 7) is 6.94. The molecule has 0 aromatic heterocycles. The lowest BCUT2D eigenvalue weighted by atomic mass is 9.80. The predicted octanol–water partition coefficient (Wildman–Crippen LogP) is 11.1. The third-order valence-corrected chi connectivity index (χ3v) is 9.09. The van der Waals surface area contributed by atoms with E-state index in [0.29, 0.717) is 0 Å². The Kier molecular flexibility index (Phi) is 4.88. The zero-order valence-corrected chi connectivity index (χ0v) is 23.1. The lowest BCUT2D eigenvalue weighted by Gasteiger charge is -2.23. The van der Waals surface area contributed by atoms with Gasteiger partial charge in [0.1, 0.15) is 0 Å². The van der Waals surface area contributed by atoms with Gasteiger partial charge in [0.25, 0.3) is 0 Å². The van der Waals surface area contributed by atoms with E-state index in [1.165, 1.54) is 82.4 Å². The Balaban J connectivity index is 1.46. The fourth-order valence-electron chi connectivity index (χ4n) is 7.12. The fraction of sp³-hybridized carbons (Fsp3) is 0.100. The van der Waals surface area contributed by atoms with Gasteiger partial charge in [-0.25, -0.2) is 0 Å². The van der Waals surface area contributed by atoms with E-state index in [1.807, 2.05) is 0 Å². The van der Waals surface area contributed by atoms with Crippen LogP contribution in [0.2, 0.25) is 0 Å². The topological polar surface area (TPSA) is 0 Å². The van der Waals surface area contributed by atoms with Crippen LogP contribution in [0.4, 0.5) is 0 Å². The summed E-state index contributed by atoms with van der Waals surface area (Å²) in [7, 11) is 0. The quantitative estimate of drug-likeness (QED) is 0.203. The van der Waals surface area contributed by atoms with Crippen molar-refractivity contribution < 1.29 is 0 Å². The minimum atomic E-state index is -0.0332. The number of aryl methyl sites for hydroxylation is 1. The molecule has 0 bridgehead atoms. The largest absolute Gasteiger partial charge is 0.0619 e. The molecular formula is C40H30. The minimum Gasteiger partial charge on any atom is -0.0619 e. The fourth-order valence-corrected chi connectivity index (χ4v) is 7.12. The second-order valence-corrected chi connectivity index (χ2v) is 11.8. The van der Waals surface area contributed by atoms with Gasteiger partial charge in [0, 0.05) is 5.41 Å². The second kappa shape index (κ2) is 8.41. The maximum Gasteiger partial charge on any atom is 0.0159 e. The minimum absolute atomic E-state index is 0.0332. The smallest absolute Gasteiger partial charge is 0.0159 e. The lowest BCUT2D eigenvalue weighted by Crippen LogP contribution is -2.14. The molecule has 1 aliphatic carbocycles. The molecule has 8 rings (SSSR count). The van der Waals surface area contributed by atoms with Crippen LogP contribution in [0.15, 0.2) is 127 Å². The van der Waals surface area contributed by atoms with E-state index in [9.17, 15) is 0 Å². The van der Waals surface area contributed by atoms with E-state index in [1.54, 1.807) is 0 Å². The Hall–Kier alpha value is -4.68. The average molecular weight is 511 g/mol. The normalized spacial score (nSPS) is 13.6. The van der Waals surface area contributed by atoms with Crippen LogP contribution >= 0.6 is 0 Å². The van der Waals surface area contributed by atoms with Crippen molar-refractivity contribution in [3.63, 3.8) is 0 Å². The molecule has 0 heteroatoms. The number of hydrogen-bond donors (Lipinski definition) is 0. The molecule has 0 nitrogen and oxygen atoms in total. The number of fused-ring (bicyclic) bond motifs is 6. The molecule has 7 aromatic carbocycles. The van der Waals surface area contributed by atoms with E-state index in [2.05, 4.69) is 148 Å². The number of benzene rings is 7. The summed E-state index contributed by atoms with van der Waals surface area (Å²) < 4.78 is 0. The van der Waals surface area contributed by atoms with Crippen molar-refractivity contribution >= 4 is 32.3 Å². The van der Waals surface area contributed by atoms with Crippen LogP contribution in [-0.4, -0.2) is 0 Å². The Bertz CT molecular complexity index is 2140. The molecule has 0 heterocycles.